The SMILES string of the molecule is O=C(NC1CC2(C1)CC(C(=O)O)C2)c1ccc(F)c2ccn(Cc3ccc(I)cc3)c12. The monoisotopic (exact) mass is 532 g/mol. The smallest absolute Gasteiger partial charge is 0.306 e. The average molecular weight is 532 g/mol. The van der Waals surface area contributed by atoms with E-state index in [1.165, 1.54) is 6.07 Å². The van der Waals surface area contributed by atoms with Gasteiger partial charge >= 0.3 is 5.97 Å². The molecule has 0 radical (unpaired) electrons. The minimum Gasteiger partial charge on any atom is -0.481 e. The predicted molar refractivity (Wildman–Crippen MR) is 123 cm³/mol. The number of halogens is 2. The Balaban J connectivity index is 1.34. The summed E-state index contributed by atoms with van der Waals surface area (Å²) >= 11 is 2.25. The van der Waals surface area contributed by atoms with E-state index in [0.29, 0.717) is 35.9 Å². The van der Waals surface area contributed by atoms with E-state index in [2.05, 4.69) is 27.9 Å². The van der Waals surface area contributed by atoms with Gasteiger partial charge in [-0.1, -0.05) is 12.1 Å². The van der Waals surface area contributed by atoms with E-state index in [4.69, 9.17) is 5.11 Å². The van der Waals surface area contributed by atoms with Crippen molar-refractivity contribution in [1.29, 1.82) is 0 Å². The Morgan fingerprint density at radius 2 is 1.81 bits per heavy atom. The van der Waals surface area contributed by atoms with Crippen LogP contribution in [0.3, 0.4) is 0 Å². The zero-order valence-electron chi connectivity index (χ0n) is 16.8. The molecule has 7 heteroatoms. The van der Waals surface area contributed by atoms with Crippen molar-refractivity contribution in [2.75, 3.05) is 0 Å². The van der Waals surface area contributed by atoms with Crippen LogP contribution in [0, 0.1) is 20.7 Å². The Labute approximate surface area is 192 Å². The molecule has 0 bridgehead atoms. The molecule has 1 amide bonds. The Hall–Kier alpha value is -2.42. The van der Waals surface area contributed by atoms with Crippen LogP contribution in [0.1, 0.15) is 41.6 Å². The number of benzene rings is 2. The molecule has 0 aliphatic heterocycles. The summed E-state index contributed by atoms with van der Waals surface area (Å²) in [5.74, 6) is -1.51. The van der Waals surface area contributed by atoms with Gasteiger partial charge in [-0.15, -0.1) is 0 Å². The lowest BCUT2D eigenvalue weighted by Crippen LogP contribution is -2.57. The minimum absolute atomic E-state index is 0.0435. The van der Waals surface area contributed by atoms with Crippen LogP contribution in [0.4, 0.5) is 4.39 Å². The standard InChI is InChI=1S/C24H22FIN2O3/c25-20-6-5-19(22(29)27-17-11-24(12-17)9-15(10-24)23(30)31)21-18(20)7-8-28(21)13-14-1-3-16(26)4-2-14/h1-8,15,17H,9-13H2,(H,27,29)(H,30,31). The van der Waals surface area contributed by atoms with E-state index in [0.717, 1.165) is 22.0 Å². The van der Waals surface area contributed by atoms with Gasteiger partial charge in [0.05, 0.1) is 17.0 Å². The number of nitrogens with one attached hydrogen (secondary N) is 1. The van der Waals surface area contributed by atoms with Crippen molar-refractivity contribution >= 4 is 45.4 Å². The Bertz CT molecular complexity index is 1170. The number of carbonyl (C=O) groups is 2. The van der Waals surface area contributed by atoms with E-state index < -0.39 is 5.97 Å². The van der Waals surface area contributed by atoms with Crippen molar-refractivity contribution in [1.82, 2.24) is 9.88 Å². The molecule has 160 valence electrons. The largest absolute Gasteiger partial charge is 0.481 e. The summed E-state index contributed by atoms with van der Waals surface area (Å²) in [4.78, 5) is 24.1. The summed E-state index contributed by atoms with van der Waals surface area (Å²) in [5.41, 5.74) is 2.22. The maximum Gasteiger partial charge on any atom is 0.306 e. The summed E-state index contributed by atoms with van der Waals surface area (Å²) in [7, 11) is 0. The molecule has 0 atom stereocenters. The first kappa shape index (κ1) is 20.5. The first-order chi connectivity index (χ1) is 14.8. The molecule has 1 aromatic heterocycles. The highest BCUT2D eigenvalue weighted by molar-refractivity contribution is 14.1. The Kier molecular flexibility index (Phi) is 5.03. The molecule has 5 nitrogen and oxygen atoms in total. The molecule has 2 saturated carbocycles. The zero-order chi connectivity index (χ0) is 21.8. The van der Waals surface area contributed by atoms with Gasteiger partial charge < -0.3 is 15.0 Å². The lowest BCUT2D eigenvalue weighted by molar-refractivity contribution is -0.155. The molecule has 2 fully saturated rings. The van der Waals surface area contributed by atoms with E-state index in [-0.39, 0.29) is 29.1 Å². The molecule has 5 rings (SSSR count). The number of fused-ring (bicyclic) bond motifs is 1. The fourth-order valence-electron chi connectivity index (χ4n) is 5.24. The van der Waals surface area contributed by atoms with E-state index in [1.54, 1.807) is 12.1 Å². The van der Waals surface area contributed by atoms with Gasteiger partial charge in [0.1, 0.15) is 5.82 Å². The number of nitrogens with zero attached hydrogens (tertiary/aromatic N) is 1. The predicted octanol–water partition coefficient (Wildman–Crippen LogP) is 4.81. The molecule has 1 heterocycles. The molecule has 1 spiro atoms. The normalized spacial score (nSPS) is 24.6. The van der Waals surface area contributed by atoms with Crippen molar-refractivity contribution in [2.24, 2.45) is 11.3 Å². The fraction of sp³-hybridized carbons (Fsp3) is 0.333. The highest BCUT2D eigenvalue weighted by Gasteiger charge is 2.55. The van der Waals surface area contributed by atoms with E-state index in [1.807, 2.05) is 35.0 Å². The summed E-state index contributed by atoms with van der Waals surface area (Å²) in [5, 5.41) is 12.6. The van der Waals surface area contributed by atoms with E-state index in [9.17, 15) is 14.0 Å². The fourth-order valence-corrected chi connectivity index (χ4v) is 5.60. The lowest BCUT2D eigenvalue weighted by Gasteiger charge is -2.56. The van der Waals surface area contributed by atoms with Crippen LogP contribution in [-0.4, -0.2) is 27.6 Å². The van der Waals surface area contributed by atoms with Gasteiger partial charge in [0.15, 0.2) is 0 Å². The Morgan fingerprint density at radius 3 is 2.48 bits per heavy atom. The first-order valence-electron chi connectivity index (χ1n) is 10.4. The lowest BCUT2D eigenvalue weighted by atomic mass is 9.50. The number of amides is 1. The second kappa shape index (κ2) is 7.62. The van der Waals surface area contributed by atoms with Gasteiger partial charge in [-0.2, -0.15) is 0 Å². The average Bonchev–Trinajstić information content (AvgIpc) is 3.09. The topological polar surface area (TPSA) is 71.3 Å². The van der Waals surface area contributed by atoms with Gasteiger partial charge in [-0.3, -0.25) is 9.59 Å². The van der Waals surface area contributed by atoms with Crippen LogP contribution in [-0.2, 0) is 11.3 Å². The first-order valence-corrected chi connectivity index (χ1v) is 11.5. The highest BCUT2D eigenvalue weighted by Crippen LogP contribution is 2.58. The number of carbonyl (C=O) groups excluding carboxylic acids is 1. The summed E-state index contributed by atoms with van der Waals surface area (Å²) < 4.78 is 17.5. The molecule has 2 aliphatic rings. The molecule has 2 aromatic carbocycles. The molecule has 31 heavy (non-hydrogen) atoms. The minimum atomic E-state index is -0.722. The molecular formula is C24H22FIN2O3. The zero-order valence-corrected chi connectivity index (χ0v) is 18.9. The van der Waals surface area contributed by atoms with Crippen molar-refractivity contribution in [2.45, 2.75) is 38.3 Å². The number of carboxylic acids is 1. The molecule has 2 N–H and O–H groups in total. The third-order valence-electron chi connectivity index (χ3n) is 6.79. The quantitative estimate of drug-likeness (QED) is 0.464. The van der Waals surface area contributed by atoms with Crippen LogP contribution in [0.5, 0.6) is 0 Å². The maximum atomic E-state index is 14.4. The summed E-state index contributed by atoms with van der Waals surface area (Å²) in [6, 6.07) is 12.8. The van der Waals surface area contributed by atoms with Gasteiger partial charge in [0.2, 0.25) is 0 Å². The Morgan fingerprint density at radius 1 is 1.10 bits per heavy atom. The summed E-state index contributed by atoms with van der Waals surface area (Å²) in [6.45, 7) is 0.549. The maximum absolute atomic E-state index is 14.4. The number of hydrogen-bond donors (Lipinski definition) is 2. The van der Waals surface area contributed by atoms with Crippen molar-refractivity contribution < 1.29 is 19.1 Å². The second-order valence-electron chi connectivity index (χ2n) is 8.95. The molecule has 3 aromatic rings. The van der Waals surface area contributed by atoms with Gasteiger partial charge in [-0.25, -0.2) is 4.39 Å². The number of hydrogen-bond acceptors (Lipinski definition) is 2. The number of aromatic nitrogens is 1. The van der Waals surface area contributed by atoms with Gasteiger partial charge in [-0.05, 0) is 89.6 Å². The van der Waals surface area contributed by atoms with Crippen molar-refractivity contribution in [3.8, 4) is 0 Å². The van der Waals surface area contributed by atoms with E-state index >= 15 is 0 Å². The van der Waals surface area contributed by atoms with Crippen LogP contribution in [0.2, 0.25) is 0 Å². The van der Waals surface area contributed by atoms with Crippen LogP contribution < -0.4 is 5.32 Å². The highest BCUT2D eigenvalue weighted by atomic mass is 127. The van der Waals surface area contributed by atoms with Crippen LogP contribution >= 0.6 is 22.6 Å². The van der Waals surface area contributed by atoms with Crippen LogP contribution in [0.25, 0.3) is 10.9 Å². The summed E-state index contributed by atoms with van der Waals surface area (Å²) in [6.07, 6.45) is 4.86. The molecular weight excluding hydrogens is 510 g/mol. The number of carboxylic acid groups (broad SMARTS) is 1. The van der Waals surface area contributed by atoms with Crippen molar-refractivity contribution in [3.63, 3.8) is 0 Å². The second-order valence-corrected chi connectivity index (χ2v) is 10.2. The van der Waals surface area contributed by atoms with Crippen LogP contribution in [0.15, 0.2) is 48.7 Å². The van der Waals surface area contributed by atoms with Gasteiger partial charge in [0.25, 0.3) is 5.91 Å². The van der Waals surface area contributed by atoms with Crippen molar-refractivity contribution in [3.05, 3.63) is 69.2 Å². The molecule has 0 saturated heterocycles. The number of rotatable bonds is 5. The number of aliphatic carboxylic acids is 1. The molecule has 0 unspecified atom stereocenters. The van der Waals surface area contributed by atoms with Gasteiger partial charge in [0, 0.05) is 27.7 Å². The third-order valence-corrected chi connectivity index (χ3v) is 7.50. The third kappa shape index (κ3) is 3.73. The molecule has 2 aliphatic carbocycles.